The molecule has 5 N–H and O–H groups in total. The quantitative estimate of drug-likeness (QED) is 0.0608. The number of rotatable bonds is 18. The van der Waals surface area contributed by atoms with Crippen LogP contribution in [0.15, 0.2) is 62.5 Å². The zero-order valence-electron chi connectivity index (χ0n) is 25.4. The molecule has 0 fully saturated rings. The Kier molecular flexibility index (Phi) is 13.5. The Labute approximate surface area is 269 Å². The molecule has 0 bridgehead atoms. The van der Waals surface area contributed by atoms with Crippen molar-refractivity contribution in [2.75, 3.05) is 12.0 Å². The van der Waals surface area contributed by atoms with Gasteiger partial charge in [0.1, 0.15) is 15.5 Å². The number of azo groups is 1. The molecule has 0 saturated heterocycles. The number of anilines is 1. The minimum absolute atomic E-state index is 0.0236. The summed E-state index contributed by atoms with van der Waals surface area (Å²) in [5.74, 6) is -1.18. The van der Waals surface area contributed by atoms with Crippen LogP contribution in [0.5, 0.6) is 5.75 Å². The molecule has 12 nitrogen and oxygen atoms in total. The summed E-state index contributed by atoms with van der Waals surface area (Å²) in [4.78, 5) is 15.6. The first-order valence-corrected chi connectivity index (χ1v) is 18.2. The van der Waals surface area contributed by atoms with E-state index >= 15 is 0 Å². The third kappa shape index (κ3) is 10.6. The van der Waals surface area contributed by atoms with E-state index in [9.17, 15) is 26.7 Å². The van der Waals surface area contributed by atoms with Crippen molar-refractivity contribution in [3.8, 4) is 5.75 Å². The zero-order chi connectivity index (χ0) is 33.0. The van der Waals surface area contributed by atoms with E-state index < -0.39 is 36.7 Å². The molecule has 3 aromatic carbocycles. The maximum absolute atomic E-state index is 13.4. The summed E-state index contributed by atoms with van der Waals surface area (Å²) in [6.45, 7) is 3.56. The molecule has 0 radical (unpaired) electrons. The van der Waals surface area contributed by atoms with E-state index in [0.717, 1.165) is 31.4 Å². The number of unbranched alkanes of at least 4 members (excludes halogenated alkanes) is 9. The number of phenolic OH excluding ortho intramolecular Hbond substituents is 1. The second kappa shape index (κ2) is 16.9. The fourth-order valence-electron chi connectivity index (χ4n) is 4.70. The van der Waals surface area contributed by atoms with Crippen LogP contribution in [-0.4, -0.2) is 34.5 Å². The van der Waals surface area contributed by atoms with Crippen LogP contribution in [0.4, 0.5) is 17.1 Å². The zero-order valence-corrected chi connectivity index (χ0v) is 27.8. The van der Waals surface area contributed by atoms with Crippen LogP contribution >= 0.6 is 11.6 Å². The van der Waals surface area contributed by atoms with Gasteiger partial charge < -0.3 is 9.94 Å². The topological polar surface area (TPSA) is 190 Å². The van der Waals surface area contributed by atoms with Gasteiger partial charge in [0, 0.05) is 24.2 Å². The third-order valence-corrected chi connectivity index (χ3v) is 9.85. The number of nitrogens with zero attached hydrogens (tertiary/aromatic N) is 2. The van der Waals surface area contributed by atoms with E-state index in [-0.39, 0.29) is 44.3 Å². The number of carbonyl (C=O) groups excluding carboxylic acids is 1. The van der Waals surface area contributed by atoms with Crippen molar-refractivity contribution >= 4 is 65.5 Å². The lowest BCUT2D eigenvalue weighted by Crippen LogP contribution is -2.25. The summed E-state index contributed by atoms with van der Waals surface area (Å²) >= 11 is 5.97. The predicted molar refractivity (Wildman–Crippen MR) is 175 cm³/mol. The van der Waals surface area contributed by atoms with Gasteiger partial charge in [-0.2, -0.15) is 5.11 Å². The lowest BCUT2D eigenvalue weighted by Gasteiger charge is -2.15. The number of halogens is 1. The Morgan fingerprint density at radius 2 is 1.56 bits per heavy atom. The molecule has 0 aliphatic rings. The maximum atomic E-state index is 13.4. The number of aromatic hydroxyl groups is 1. The van der Waals surface area contributed by atoms with Crippen molar-refractivity contribution in [3.63, 3.8) is 0 Å². The number of sulfonamides is 2. The van der Waals surface area contributed by atoms with Crippen LogP contribution in [0.1, 0.15) is 78.1 Å². The van der Waals surface area contributed by atoms with Crippen LogP contribution in [0.3, 0.4) is 0 Å². The fourth-order valence-corrected chi connectivity index (χ4v) is 6.96. The highest BCUT2D eigenvalue weighted by atomic mass is 35.5. The SMILES string of the molecule is CCCCCCCCCCCCNS(=O)(=O)c1cc(N=Nc2ccc(Cl)c(S(N)(=O)=O)c2)c2c(NOC(C)=O)cccc2c1O. The molecule has 15 heteroatoms. The fraction of sp³-hybridized carbons (Fsp3) is 0.433. The first kappa shape index (κ1) is 36.2. The van der Waals surface area contributed by atoms with Crippen molar-refractivity contribution in [2.24, 2.45) is 15.4 Å². The van der Waals surface area contributed by atoms with Gasteiger partial charge in [-0.05, 0) is 36.8 Å². The molecule has 3 rings (SSSR count). The first-order chi connectivity index (χ1) is 21.3. The van der Waals surface area contributed by atoms with Crippen LogP contribution in [0, 0.1) is 0 Å². The van der Waals surface area contributed by atoms with Gasteiger partial charge in [0.25, 0.3) is 0 Å². The standard InChI is InChI=1S/C30H40ClN5O7S2/c1-3-4-5-6-7-8-9-10-11-12-18-33-45(41,42)28-20-26(35-34-22-16-17-24(31)27(19-22)44(32,39)40)29-23(30(28)38)14-13-15-25(29)36-43-21(2)37/h13-17,19-20,33,36,38H,3-12,18H2,1-2H3,(H2,32,39,40). The Hall–Kier alpha value is -3.30. The van der Waals surface area contributed by atoms with Gasteiger partial charge in [-0.3, -0.25) is 4.79 Å². The Bertz CT molecular complexity index is 1730. The monoisotopic (exact) mass is 681 g/mol. The number of primary sulfonamides is 1. The number of nitrogens with one attached hydrogen (secondary N) is 2. The van der Waals surface area contributed by atoms with Crippen molar-refractivity contribution in [1.29, 1.82) is 0 Å². The number of phenols is 1. The molecule has 0 saturated carbocycles. The Balaban J connectivity index is 1.87. The molecular formula is C30H40ClN5O7S2. The molecule has 0 aromatic heterocycles. The van der Waals surface area contributed by atoms with Crippen molar-refractivity contribution < 1.29 is 31.6 Å². The van der Waals surface area contributed by atoms with Crippen LogP contribution < -0.4 is 15.3 Å². The molecule has 0 aliphatic heterocycles. The largest absolute Gasteiger partial charge is 0.506 e. The maximum Gasteiger partial charge on any atom is 0.329 e. The third-order valence-electron chi connectivity index (χ3n) is 6.99. The number of hydrogen-bond acceptors (Lipinski definition) is 10. The lowest BCUT2D eigenvalue weighted by atomic mass is 10.1. The van der Waals surface area contributed by atoms with Crippen LogP contribution in [0.2, 0.25) is 5.02 Å². The minimum atomic E-state index is -4.19. The second-order valence-corrected chi connectivity index (χ2v) is 14.3. The number of carbonyl (C=O) groups is 1. The molecule has 0 atom stereocenters. The average Bonchev–Trinajstić information content (AvgIpc) is 2.98. The highest BCUT2D eigenvalue weighted by Crippen LogP contribution is 2.42. The van der Waals surface area contributed by atoms with Crippen molar-refractivity contribution in [2.45, 2.75) is 87.8 Å². The van der Waals surface area contributed by atoms with E-state index in [4.69, 9.17) is 21.6 Å². The predicted octanol–water partition coefficient (Wildman–Crippen LogP) is 7.35. The normalized spacial score (nSPS) is 12.2. The summed E-state index contributed by atoms with van der Waals surface area (Å²) in [5.41, 5.74) is 2.70. The van der Waals surface area contributed by atoms with E-state index in [2.05, 4.69) is 27.4 Å². The molecule has 45 heavy (non-hydrogen) atoms. The summed E-state index contributed by atoms with van der Waals surface area (Å²) in [5, 5.41) is 24.8. The van der Waals surface area contributed by atoms with Crippen LogP contribution in [0.25, 0.3) is 10.8 Å². The second-order valence-electron chi connectivity index (χ2n) is 10.6. The van der Waals surface area contributed by atoms with Gasteiger partial charge in [-0.1, -0.05) is 88.4 Å². The minimum Gasteiger partial charge on any atom is -0.506 e. The summed E-state index contributed by atoms with van der Waals surface area (Å²) in [6.07, 6.45) is 11.0. The molecule has 0 unspecified atom stereocenters. The molecular weight excluding hydrogens is 642 g/mol. The van der Waals surface area contributed by atoms with E-state index in [1.54, 1.807) is 0 Å². The van der Waals surface area contributed by atoms with E-state index in [1.165, 1.54) is 75.8 Å². The molecule has 0 amide bonds. The van der Waals surface area contributed by atoms with E-state index in [0.29, 0.717) is 6.42 Å². The van der Waals surface area contributed by atoms with Gasteiger partial charge in [0.05, 0.1) is 22.1 Å². The molecule has 0 heterocycles. The van der Waals surface area contributed by atoms with Crippen LogP contribution in [-0.2, 0) is 29.7 Å². The van der Waals surface area contributed by atoms with Crippen molar-refractivity contribution in [3.05, 3.63) is 47.5 Å². The molecule has 246 valence electrons. The number of fused-ring (bicyclic) bond motifs is 1. The van der Waals surface area contributed by atoms with Gasteiger partial charge in [0.15, 0.2) is 0 Å². The lowest BCUT2D eigenvalue weighted by molar-refractivity contribution is -0.138. The van der Waals surface area contributed by atoms with E-state index in [1.807, 2.05) is 0 Å². The Morgan fingerprint density at radius 3 is 2.18 bits per heavy atom. The van der Waals surface area contributed by atoms with Crippen molar-refractivity contribution in [1.82, 2.24) is 4.72 Å². The summed E-state index contributed by atoms with van der Waals surface area (Å²) in [6, 6.07) is 9.47. The van der Waals surface area contributed by atoms with Gasteiger partial charge in [-0.25, -0.2) is 32.2 Å². The Morgan fingerprint density at radius 1 is 0.911 bits per heavy atom. The highest BCUT2D eigenvalue weighted by molar-refractivity contribution is 7.89. The number of hydrogen-bond donors (Lipinski definition) is 4. The highest BCUT2D eigenvalue weighted by Gasteiger charge is 2.24. The average molecular weight is 682 g/mol. The molecule has 0 aliphatic carbocycles. The molecule has 0 spiro atoms. The smallest absolute Gasteiger partial charge is 0.329 e. The number of nitrogens with two attached hydrogens (primary N) is 1. The number of benzene rings is 3. The first-order valence-electron chi connectivity index (χ1n) is 14.8. The van der Waals surface area contributed by atoms with Gasteiger partial charge >= 0.3 is 5.97 Å². The molecule has 3 aromatic rings. The summed E-state index contributed by atoms with van der Waals surface area (Å²) < 4.78 is 53.1. The van der Waals surface area contributed by atoms with Gasteiger partial charge in [0.2, 0.25) is 20.0 Å². The van der Waals surface area contributed by atoms with Gasteiger partial charge in [-0.15, -0.1) is 5.11 Å². The summed E-state index contributed by atoms with van der Waals surface area (Å²) in [7, 11) is -8.35.